The zero-order valence-corrected chi connectivity index (χ0v) is 18.1. The Bertz CT molecular complexity index is 976. The van der Waals surface area contributed by atoms with Crippen molar-refractivity contribution in [2.75, 3.05) is 26.3 Å². The molecule has 1 saturated heterocycles. The van der Waals surface area contributed by atoms with Crippen LogP contribution in [-0.2, 0) is 38.3 Å². The molecule has 2 aromatic rings. The van der Waals surface area contributed by atoms with Crippen molar-refractivity contribution < 1.29 is 17.9 Å². The second-order valence-electron chi connectivity index (χ2n) is 6.74. The lowest BCUT2D eigenvalue weighted by atomic mass is 10.1. The van der Waals surface area contributed by atoms with E-state index in [1.807, 2.05) is 12.1 Å². The van der Waals surface area contributed by atoms with Gasteiger partial charge in [-0.05, 0) is 28.8 Å². The summed E-state index contributed by atoms with van der Waals surface area (Å²) in [5.41, 5.74) is 2.20. The molecule has 0 bridgehead atoms. The topological polar surface area (TPSA) is 75.7 Å². The van der Waals surface area contributed by atoms with Gasteiger partial charge in [0.15, 0.2) is 0 Å². The van der Waals surface area contributed by atoms with E-state index in [2.05, 4.69) is 5.32 Å². The summed E-state index contributed by atoms with van der Waals surface area (Å²) in [5.74, 6) is -0.291. The van der Waals surface area contributed by atoms with Gasteiger partial charge >= 0.3 is 0 Å². The van der Waals surface area contributed by atoms with Gasteiger partial charge < -0.3 is 10.1 Å². The molecule has 2 aromatic carbocycles. The van der Waals surface area contributed by atoms with Crippen LogP contribution in [0.2, 0.25) is 10.0 Å². The Morgan fingerprint density at radius 1 is 1.03 bits per heavy atom. The molecule has 0 unspecified atom stereocenters. The van der Waals surface area contributed by atoms with E-state index >= 15 is 0 Å². The summed E-state index contributed by atoms with van der Waals surface area (Å²) >= 11 is 11.9. The molecular weight excluding hydrogens is 435 g/mol. The van der Waals surface area contributed by atoms with Crippen molar-refractivity contribution in [3.8, 4) is 0 Å². The number of nitrogens with one attached hydrogen (secondary N) is 1. The molecule has 1 heterocycles. The minimum atomic E-state index is -3.44. The minimum Gasteiger partial charge on any atom is -0.379 e. The number of rotatable bonds is 7. The summed E-state index contributed by atoms with van der Waals surface area (Å²) in [4.78, 5) is 12.3. The molecule has 1 fully saturated rings. The highest BCUT2D eigenvalue weighted by molar-refractivity contribution is 7.88. The fourth-order valence-electron chi connectivity index (χ4n) is 3.07. The van der Waals surface area contributed by atoms with E-state index in [0.29, 0.717) is 41.9 Å². The Kier molecular flexibility index (Phi) is 7.54. The van der Waals surface area contributed by atoms with Crippen LogP contribution in [0, 0.1) is 0 Å². The second kappa shape index (κ2) is 9.91. The smallest absolute Gasteiger partial charge is 0.224 e. The van der Waals surface area contributed by atoms with E-state index in [-0.39, 0.29) is 24.6 Å². The Morgan fingerprint density at radius 2 is 1.72 bits per heavy atom. The van der Waals surface area contributed by atoms with E-state index in [4.69, 9.17) is 27.9 Å². The predicted octanol–water partition coefficient (Wildman–Crippen LogP) is 3.01. The maximum absolute atomic E-state index is 12.7. The molecule has 6 nitrogen and oxygen atoms in total. The van der Waals surface area contributed by atoms with Gasteiger partial charge in [0.25, 0.3) is 0 Å². The molecule has 1 aliphatic heterocycles. The number of sulfonamides is 1. The number of benzene rings is 2. The summed E-state index contributed by atoms with van der Waals surface area (Å²) in [6, 6.07) is 12.3. The molecule has 0 saturated carbocycles. The minimum absolute atomic E-state index is 0.105. The van der Waals surface area contributed by atoms with Gasteiger partial charge in [0.05, 0.1) is 35.4 Å². The van der Waals surface area contributed by atoms with E-state index in [9.17, 15) is 13.2 Å². The number of hydrogen-bond acceptors (Lipinski definition) is 4. The van der Waals surface area contributed by atoms with Gasteiger partial charge in [-0.3, -0.25) is 4.79 Å². The van der Waals surface area contributed by atoms with Crippen LogP contribution in [0.25, 0.3) is 0 Å². The number of nitrogens with zero attached hydrogens (tertiary/aromatic N) is 1. The van der Waals surface area contributed by atoms with Crippen LogP contribution in [0.1, 0.15) is 16.7 Å². The summed E-state index contributed by atoms with van der Waals surface area (Å²) in [7, 11) is -3.44. The molecule has 0 spiro atoms. The molecule has 156 valence electrons. The number of hydrogen-bond donors (Lipinski definition) is 1. The van der Waals surface area contributed by atoms with Crippen LogP contribution in [0.3, 0.4) is 0 Å². The SMILES string of the molecule is O=C(Cc1ccc(Cl)c(Cl)c1)NCc1ccccc1CS(=O)(=O)N1CCOCC1. The first-order chi connectivity index (χ1) is 13.8. The summed E-state index contributed by atoms with van der Waals surface area (Å²) in [5, 5.41) is 3.68. The van der Waals surface area contributed by atoms with Crippen molar-refractivity contribution in [2.45, 2.75) is 18.7 Å². The van der Waals surface area contributed by atoms with Crippen LogP contribution in [0.15, 0.2) is 42.5 Å². The van der Waals surface area contributed by atoms with Crippen molar-refractivity contribution in [3.05, 3.63) is 69.2 Å². The number of carbonyl (C=O) groups excluding carboxylic acids is 1. The molecule has 29 heavy (non-hydrogen) atoms. The molecular formula is C20H22Cl2N2O4S. The number of ether oxygens (including phenoxy) is 1. The lowest BCUT2D eigenvalue weighted by Crippen LogP contribution is -2.41. The first kappa shape index (κ1) is 22.1. The van der Waals surface area contributed by atoms with Crippen LogP contribution in [-0.4, -0.2) is 44.9 Å². The van der Waals surface area contributed by atoms with Gasteiger partial charge in [0.2, 0.25) is 15.9 Å². The van der Waals surface area contributed by atoms with Gasteiger partial charge in [0.1, 0.15) is 0 Å². The van der Waals surface area contributed by atoms with Crippen LogP contribution in [0.4, 0.5) is 0 Å². The van der Waals surface area contributed by atoms with E-state index < -0.39 is 10.0 Å². The monoisotopic (exact) mass is 456 g/mol. The second-order valence-corrected chi connectivity index (χ2v) is 9.52. The molecule has 1 N–H and O–H groups in total. The van der Waals surface area contributed by atoms with E-state index in [1.54, 1.807) is 30.3 Å². The number of halogens is 2. The van der Waals surface area contributed by atoms with Gasteiger partial charge in [-0.15, -0.1) is 0 Å². The standard InChI is InChI=1S/C20H22Cl2N2O4S/c21-18-6-5-15(11-19(18)22)12-20(25)23-13-16-3-1-2-4-17(16)14-29(26,27)24-7-9-28-10-8-24/h1-6,11H,7-10,12-14H2,(H,23,25). The Morgan fingerprint density at radius 3 is 2.41 bits per heavy atom. The van der Waals surface area contributed by atoms with Crippen LogP contribution >= 0.6 is 23.2 Å². The highest BCUT2D eigenvalue weighted by atomic mass is 35.5. The summed E-state index contributed by atoms with van der Waals surface area (Å²) in [6.07, 6.45) is 0.158. The molecule has 0 aromatic heterocycles. The first-order valence-electron chi connectivity index (χ1n) is 9.18. The number of carbonyl (C=O) groups is 1. The Hall–Kier alpha value is -1.64. The third-order valence-electron chi connectivity index (χ3n) is 4.64. The van der Waals surface area contributed by atoms with Crippen molar-refractivity contribution >= 4 is 39.1 Å². The maximum atomic E-state index is 12.7. The molecule has 3 rings (SSSR count). The molecule has 1 aliphatic rings. The Balaban J connectivity index is 1.62. The van der Waals surface area contributed by atoms with Gasteiger partial charge in [0, 0.05) is 19.6 Å². The fourth-order valence-corrected chi connectivity index (χ4v) is 4.96. The summed E-state index contributed by atoms with van der Waals surface area (Å²) in [6.45, 7) is 1.79. The van der Waals surface area contributed by atoms with Gasteiger partial charge in [-0.25, -0.2) is 8.42 Å². The maximum Gasteiger partial charge on any atom is 0.224 e. The highest BCUT2D eigenvalue weighted by Crippen LogP contribution is 2.23. The third kappa shape index (κ3) is 6.17. The quantitative estimate of drug-likeness (QED) is 0.694. The molecule has 0 aliphatic carbocycles. The van der Waals surface area contributed by atoms with Crippen LogP contribution < -0.4 is 5.32 Å². The van der Waals surface area contributed by atoms with Crippen molar-refractivity contribution in [2.24, 2.45) is 0 Å². The lowest BCUT2D eigenvalue weighted by Gasteiger charge is -2.26. The highest BCUT2D eigenvalue weighted by Gasteiger charge is 2.25. The Labute approximate surface area is 180 Å². The normalized spacial score (nSPS) is 15.2. The molecule has 9 heteroatoms. The van der Waals surface area contributed by atoms with Crippen molar-refractivity contribution in [1.82, 2.24) is 9.62 Å². The van der Waals surface area contributed by atoms with Crippen molar-refractivity contribution in [3.63, 3.8) is 0 Å². The van der Waals surface area contributed by atoms with E-state index in [0.717, 1.165) is 11.1 Å². The van der Waals surface area contributed by atoms with Gasteiger partial charge in [-0.1, -0.05) is 53.5 Å². The number of amides is 1. The first-order valence-corrected chi connectivity index (χ1v) is 11.5. The lowest BCUT2D eigenvalue weighted by molar-refractivity contribution is -0.120. The largest absolute Gasteiger partial charge is 0.379 e. The molecule has 1 amide bonds. The average molecular weight is 457 g/mol. The predicted molar refractivity (Wildman–Crippen MR) is 113 cm³/mol. The fraction of sp³-hybridized carbons (Fsp3) is 0.350. The zero-order valence-electron chi connectivity index (χ0n) is 15.7. The van der Waals surface area contributed by atoms with Crippen molar-refractivity contribution in [1.29, 1.82) is 0 Å². The molecule has 0 radical (unpaired) electrons. The average Bonchev–Trinajstić information content (AvgIpc) is 2.70. The zero-order chi connectivity index (χ0) is 20.9. The molecule has 0 atom stereocenters. The van der Waals surface area contributed by atoms with Crippen LogP contribution in [0.5, 0.6) is 0 Å². The number of morpholine rings is 1. The van der Waals surface area contributed by atoms with Gasteiger partial charge in [-0.2, -0.15) is 4.31 Å². The summed E-state index contributed by atoms with van der Waals surface area (Å²) < 4.78 is 32.1. The third-order valence-corrected chi connectivity index (χ3v) is 7.21. The van der Waals surface area contributed by atoms with E-state index in [1.165, 1.54) is 4.31 Å².